The Bertz CT molecular complexity index is 521. The maximum absolute atomic E-state index is 4.24. The highest BCUT2D eigenvalue weighted by molar-refractivity contribution is 9.10. The van der Waals surface area contributed by atoms with E-state index in [0.29, 0.717) is 0 Å². The molecule has 0 aliphatic rings. The molecule has 1 heterocycles. The van der Waals surface area contributed by atoms with Gasteiger partial charge < -0.3 is 5.32 Å². The molecule has 0 amide bonds. The maximum Gasteiger partial charge on any atom is 0.151 e. The molecule has 0 aliphatic carbocycles. The van der Waals surface area contributed by atoms with Gasteiger partial charge in [0, 0.05) is 31.0 Å². The molecular formula is C13H17BrN4. The topological polar surface area (TPSA) is 42.7 Å². The van der Waals surface area contributed by atoms with E-state index < -0.39 is 0 Å². The second-order valence-corrected chi connectivity index (χ2v) is 5.21. The fraction of sp³-hybridized carbons (Fsp3) is 0.385. The van der Waals surface area contributed by atoms with Crippen molar-refractivity contribution < 1.29 is 0 Å². The molecule has 0 atom stereocenters. The first kappa shape index (κ1) is 13.2. The van der Waals surface area contributed by atoms with Gasteiger partial charge in [-0.3, -0.25) is 4.68 Å². The molecule has 96 valence electrons. The predicted octanol–water partition coefficient (Wildman–Crippen LogP) is 2.22. The molecule has 0 saturated heterocycles. The lowest BCUT2D eigenvalue weighted by Crippen LogP contribution is -2.17. The standard InChI is InChI=1S/C13H17BrN4/c1-10-3-4-11(12(14)7-10)8-15-6-5-13-16-9-18(2)17-13/h3-4,7,9,15H,5-6,8H2,1-2H3. The number of nitrogens with zero attached hydrogens (tertiary/aromatic N) is 3. The molecular weight excluding hydrogens is 292 g/mol. The van der Waals surface area contributed by atoms with Gasteiger partial charge in [0.25, 0.3) is 0 Å². The Hall–Kier alpha value is -1.20. The summed E-state index contributed by atoms with van der Waals surface area (Å²) in [4.78, 5) is 4.19. The van der Waals surface area contributed by atoms with E-state index in [9.17, 15) is 0 Å². The quantitative estimate of drug-likeness (QED) is 0.861. The summed E-state index contributed by atoms with van der Waals surface area (Å²) in [7, 11) is 1.88. The molecule has 1 aromatic carbocycles. The highest BCUT2D eigenvalue weighted by Gasteiger charge is 2.01. The number of hydrogen-bond acceptors (Lipinski definition) is 3. The lowest BCUT2D eigenvalue weighted by atomic mass is 10.1. The van der Waals surface area contributed by atoms with Crippen molar-refractivity contribution in [3.63, 3.8) is 0 Å². The Balaban J connectivity index is 1.78. The number of aryl methyl sites for hydroxylation is 2. The highest BCUT2D eigenvalue weighted by atomic mass is 79.9. The van der Waals surface area contributed by atoms with Crippen molar-refractivity contribution >= 4 is 15.9 Å². The van der Waals surface area contributed by atoms with Gasteiger partial charge in [-0.25, -0.2) is 4.98 Å². The van der Waals surface area contributed by atoms with E-state index in [1.807, 2.05) is 7.05 Å². The van der Waals surface area contributed by atoms with E-state index in [1.54, 1.807) is 11.0 Å². The van der Waals surface area contributed by atoms with Crippen LogP contribution in [-0.4, -0.2) is 21.3 Å². The second-order valence-electron chi connectivity index (χ2n) is 4.36. The third-order valence-corrected chi connectivity index (χ3v) is 3.43. The minimum atomic E-state index is 0.852. The van der Waals surface area contributed by atoms with Crippen LogP contribution in [0.15, 0.2) is 29.0 Å². The summed E-state index contributed by atoms with van der Waals surface area (Å²) in [5.41, 5.74) is 2.54. The molecule has 0 bridgehead atoms. The number of rotatable bonds is 5. The Morgan fingerprint density at radius 2 is 2.22 bits per heavy atom. The minimum Gasteiger partial charge on any atom is -0.312 e. The molecule has 0 spiro atoms. The van der Waals surface area contributed by atoms with Gasteiger partial charge in [-0.1, -0.05) is 28.1 Å². The van der Waals surface area contributed by atoms with Crippen LogP contribution in [0.2, 0.25) is 0 Å². The molecule has 1 aromatic heterocycles. The van der Waals surface area contributed by atoms with Crippen molar-refractivity contribution in [1.82, 2.24) is 20.1 Å². The summed E-state index contributed by atoms with van der Waals surface area (Å²) < 4.78 is 2.89. The first-order valence-corrected chi connectivity index (χ1v) is 6.75. The van der Waals surface area contributed by atoms with Gasteiger partial charge in [0.05, 0.1) is 0 Å². The Morgan fingerprint density at radius 1 is 1.39 bits per heavy atom. The van der Waals surface area contributed by atoms with Crippen LogP contribution in [-0.2, 0) is 20.0 Å². The number of nitrogens with one attached hydrogen (secondary N) is 1. The largest absolute Gasteiger partial charge is 0.312 e. The van der Waals surface area contributed by atoms with Crippen molar-refractivity contribution in [2.75, 3.05) is 6.54 Å². The third-order valence-electron chi connectivity index (χ3n) is 2.70. The summed E-state index contributed by atoms with van der Waals surface area (Å²) in [5.74, 6) is 0.882. The third kappa shape index (κ3) is 3.65. The summed E-state index contributed by atoms with van der Waals surface area (Å²) in [6, 6.07) is 6.41. The van der Waals surface area contributed by atoms with Crippen LogP contribution in [0.5, 0.6) is 0 Å². The van der Waals surface area contributed by atoms with E-state index in [4.69, 9.17) is 0 Å². The molecule has 0 unspecified atom stereocenters. The second kappa shape index (κ2) is 6.11. The number of aromatic nitrogens is 3. The van der Waals surface area contributed by atoms with Crippen molar-refractivity contribution in [3.8, 4) is 0 Å². The molecule has 18 heavy (non-hydrogen) atoms. The van der Waals surface area contributed by atoms with E-state index in [0.717, 1.165) is 29.8 Å². The van der Waals surface area contributed by atoms with Crippen LogP contribution < -0.4 is 5.32 Å². The van der Waals surface area contributed by atoms with Gasteiger partial charge in [0.15, 0.2) is 5.82 Å². The van der Waals surface area contributed by atoms with Crippen LogP contribution in [0.4, 0.5) is 0 Å². The molecule has 0 aliphatic heterocycles. The molecule has 0 fully saturated rings. The molecule has 0 saturated carbocycles. The Kier molecular flexibility index (Phi) is 4.49. The zero-order valence-corrected chi connectivity index (χ0v) is 12.2. The average molecular weight is 309 g/mol. The van der Waals surface area contributed by atoms with Crippen molar-refractivity contribution in [3.05, 3.63) is 46.0 Å². The molecule has 0 radical (unpaired) electrons. The predicted molar refractivity (Wildman–Crippen MR) is 75.3 cm³/mol. The molecule has 4 nitrogen and oxygen atoms in total. The first-order valence-electron chi connectivity index (χ1n) is 5.95. The van der Waals surface area contributed by atoms with Gasteiger partial charge >= 0.3 is 0 Å². The number of halogens is 1. The molecule has 5 heteroatoms. The summed E-state index contributed by atoms with van der Waals surface area (Å²) in [6.07, 6.45) is 2.58. The van der Waals surface area contributed by atoms with Crippen LogP contribution in [0.25, 0.3) is 0 Å². The van der Waals surface area contributed by atoms with E-state index >= 15 is 0 Å². The van der Waals surface area contributed by atoms with E-state index in [-0.39, 0.29) is 0 Å². The van der Waals surface area contributed by atoms with Crippen LogP contribution >= 0.6 is 15.9 Å². The van der Waals surface area contributed by atoms with Gasteiger partial charge in [-0.15, -0.1) is 0 Å². The number of benzene rings is 1. The zero-order valence-electron chi connectivity index (χ0n) is 10.7. The monoisotopic (exact) mass is 308 g/mol. The summed E-state index contributed by atoms with van der Waals surface area (Å²) in [6.45, 7) is 3.83. The summed E-state index contributed by atoms with van der Waals surface area (Å²) in [5, 5.41) is 7.64. The van der Waals surface area contributed by atoms with Gasteiger partial charge in [0.1, 0.15) is 6.33 Å². The summed E-state index contributed by atoms with van der Waals surface area (Å²) >= 11 is 3.58. The highest BCUT2D eigenvalue weighted by Crippen LogP contribution is 2.17. The minimum absolute atomic E-state index is 0.852. The molecule has 1 N–H and O–H groups in total. The van der Waals surface area contributed by atoms with E-state index in [2.05, 4.69) is 56.5 Å². The normalized spacial score (nSPS) is 10.8. The van der Waals surface area contributed by atoms with Crippen LogP contribution in [0.3, 0.4) is 0 Å². The van der Waals surface area contributed by atoms with Crippen LogP contribution in [0, 0.1) is 6.92 Å². The Morgan fingerprint density at radius 3 is 2.89 bits per heavy atom. The van der Waals surface area contributed by atoms with Gasteiger partial charge in [0.2, 0.25) is 0 Å². The average Bonchev–Trinajstić information content (AvgIpc) is 2.73. The van der Waals surface area contributed by atoms with Crippen LogP contribution in [0.1, 0.15) is 17.0 Å². The molecule has 2 rings (SSSR count). The lowest BCUT2D eigenvalue weighted by molar-refractivity contribution is 0.660. The fourth-order valence-corrected chi connectivity index (χ4v) is 2.35. The van der Waals surface area contributed by atoms with Crippen molar-refractivity contribution in [1.29, 1.82) is 0 Å². The Labute approximate surface area is 116 Å². The first-order chi connectivity index (χ1) is 8.65. The SMILES string of the molecule is Cc1ccc(CNCCc2ncn(C)n2)c(Br)c1. The lowest BCUT2D eigenvalue weighted by Gasteiger charge is -2.06. The molecule has 2 aromatic rings. The van der Waals surface area contributed by atoms with Gasteiger partial charge in [-0.2, -0.15) is 5.10 Å². The van der Waals surface area contributed by atoms with E-state index in [1.165, 1.54) is 11.1 Å². The zero-order chi connectivity index (χ0) is 13.0. The van der Waals surface area contributed by atoms with Gasteiger partial charge in [-0.05, 0) is 24.1 Å². The number of hydrogen-bond donors (Lipinski definition) is 1. The maximum atomic E-state index is 4.24. The van der Waals surface area contributed by atoms with Crippen molar-refractivity contribution in [2.45, 2.75) is 19.9 Å². The smallest absolute Gasteiger partial charge is 0.151 e. The van der Waals surface area contributed by atoms with Crippen molar-refractivity contribution in [2.24, 2.45) is 7.05 Å². The fourth-order valence-electron chi connectivity index (χ4n) is 1.72.